The number of aliphatic imine (C=N–C) groups is 1. The van der Waals surface area contributed by atoms with E-state index in [0.717, 1.165) is 7.11 Å². The van der Waals surface area contributed by atoms with E-state index in [-0.39, 0.29) is 11.5 Å². The molecule has 0 atom stereocenters. The standard InChI is InChI=1S/C13H13F4N3O/c1-7-5-6-18-11(19-7)9(3)20-12(21-4)10(8(2)14)13(15,16)17/h5-6H,2H2,1,3-4H3/b12-10-,20-9?. The average Bonchev–Trinajstić information content (AvgIpc) is 2.35. The number of halogens is 4. The summed E-state index contributed by atoms with van der Waals surface area (Å²) in [7, 11) is 0.956. The van der Waals surface area contributed by atoms with Crippen LogP contribution in [0.1, 0.15) is 18.4 Å². The monoisotopic (exact) mass is 303 g/mol. The highest BCUT2D eigenvalue weighted by Crippen LogP contribution is 2.34. The molecule has 0 radical (unpaired) electrons. The average molecular weight is 303 g/mol. The molecule has 114 valence electrons. The number of nitrogens with zero attached hydrogens (tertiary/aromatic N) is 3. The highest BCUT2D eigenvalue weighted by Gasteiger charge is 2.40. The molecule has 8 heteroatoms. The van der Waals surface area contributed by atoms with Crippen LogP contribution in [-0.2, 0) is 4.74 Å². The fourth-order valence-electron chi connectivity index (χ4n) is 1.42. The van der Waals surface area contributed by atoms with Crippen molar-refractivity contribution in [2.45, 2.75) is 20.0 Å². The van der Waals surface area contributed by atoms with E-state index in [0.29, 0.717) is 5.69 Å². The molecule has 0 unspecified atom stereocenters. The van der Waals surface area contributed by atoms with Crippen LogP contribution in [0.3, 0.4) is 0 Å². The number of allylic oxidation sites excluding steroid dienone is 2. The number of alkyl halides is 3. The lowest BCUT2D eigenvalue weighted by molar-refractivity contribution is -0.0943. The number of methoxy groups -OCH3 is 1. The van der Waals surface area contributed by atoms with Crippen LogP contribution in [-0.4, -0.2) is 29.0 Å². The Bertz CT molecular complexity index is 606. The Morgan fingerprint density at radius 3 is 2.43 bits per heavy atom. The van der Waals surface area contributed by atoms with Crippen molar-refractivity contribution in [2.75, 3.05) is 7.11 Å². The van der Waals surface area contributed by atoms with Crippen molar-refractivity contribution in [2.24, 2.45) is 4.99 Å². The molecule has 0 N–H and O–H groups in total. The summed E-state index contributed by atoms with van der Waals surface area (Å²) in [6.45, 7) is 5.74. The molecule has 0 fully saturated rings. The number of ether oxygens (including phenoxy) is 1. The van der Waals surface area contributed by atoms with E-state index in [1.165, 1.54) is 13.1 Å². The van der Waals surface area contributed by atoms with Crippen molar-refractivity contribution in [1.82, 2.24) is 9.97 Å². The molecule has 0 saturated heterocycles. The molecule has 1 heterocycles. The van der Waals surface area contributed by atoms with Gasteiger partial charge in [0.1, 0.15) is 5.83 Å². The predicted molar refractivity (Wildman–Crippen MR) is 69.3 cm³/mol. The minimum absolute atomic E-state index is 0.0542. The van der Waals surface area contributed by atoms with Crippen molar-refractivity contribution in [1.29, 1.82) is 0 Å². The minimum Gasteiger partial charge on any atom is -0.480 e. The second kappa shape index (κ2) is 6.47. The highest BCUT2D eigenvalue weighted by molar-refractivity contribution is 5.95. The van der Waals surface area contributed by atoms with Gasteiger partial charge in [-0.2, -0.15) is 13.2 Å². The van der Waals surface area contributed by atoms with Crippen LogP contribution in [0.15, 0.2) is 41.1 Å². The smallest absolute Gasteiger partial charge is 0.424 e. The fourth-order valence-corrected chi connectivity index (χ4v) is 1.42. The van der Waals surface area contributed by atoms with Crippen molar-refractivity contribution >= 4 is 5.71 Å². The Hall–Kier alpha value is -2.25. The number of hydrogen-bond donors (Lipinski definition) is 0. The Kier molecular flexibility index (Phi) is 5.17. The lowest BCUT2D eigenvalue weighted by atomic mass is 10.2. The first-order chi connectivity index (χ1) is 9.66. The topological polar surface area (TPSA) is 47.4 Å². The molecule has 1 rings (SSSR count). The molecule has 0 aromatic carbocycles. The summed E-state index contributed by atoms with van der Waals surface area (Å²) in [5.41, 5.74) is -1.00. The SMILES string of the molecule is C=C(F)/C(=C(\N=C(C)c1nccc(C)n1)OC)C(F)(F)F. The molecule has 0 saturated carbocycles. The summed E-state index contributed by atoms with van der Waals surface area (Å²) in [6.07, 6.45) is -3.54. The van der Waals surface area contributed by atoms with E-state index < -0.39 is 23.5 Å². The predicted octanol–water partition coefficient (Wildman–Crippen LogP) is 3.50. The summed E-state index contributed by atoms with van der Waals surface area (Å²) in [6, 6.07) is 1.62. The van der Waals surface area contributed by atoms with Gasteiger partial charge in [-0.1, -0.05) is 6.58 Å². The van der Waals surface area contributed by atoms with Crippen LogP contribution in [0.2, 0.25) is 0 Å². The fraction of sp³-hybridized carbons (Fsp3) is 0.308. The quantitative estimate of drug-likeness (QED) is 0.370. The van der Waals surface area contributed by atoms with Gasteiger partial charge in [0, 0.05) is 11.9 Å². The van der Waals surface area contributed by atoms with Gasteiger partial charge in [-0.15, -0.1) is 0 Å². The third-order valence-electron chi connectivity index (χ3n) is 2.35. The number of aryl methyl sites for hydroxylation is 1. The van der Waals surface area contributed by atoms with E-state index in [2.05, 4.69) is 26.3 Å². The summed E-state index contributed by atoms with van der Waals surface area (Å²) in [5.74, 6) is -2.49. The van der Waals surface area contributed by atoms with Crippen molar-refractivity contribution in [3.8, 4) is 0 Å². The molecule has 0 amide bonds. The van der Waals surface area contributed by atoms with Crippen LogP contribution in [0, 0.1) is 6.92 Å². The van der Waals surface area contributed by atoms with Crippen LogP contribution >= 0.6 is 0 Å². The van der Waals surface area contributed by atoms with Gasteiger partial charge < -0.3 is 4.74 Å². The van der Waals surface area contributed by atoms with Gasteiger partial charge in [0.05, 0.1) is 12.8 Å². The molecule has 21 heavy (non-hydrogen) atoms. The first-order valence-corrected chi connectivity index (χ1v) is 5.72. The summed E-state index contributed by atoms with van der Waals surface area (Å²) in [4.78, 5) is 11.5. The zero-order chi connectivity index (χ0) is 16.2. The highest BCUT2D eigenvalue weighted by atomic mass is 19.4. The Balaban J connectivity index is 3.39. The van der Waals surface area contributed by atoms with Gasteiger partial charge in [0.15, 0.2) is 11.4 Å². The zero-order valence-corrected chi connectivity index (χ0v) is 11.6. The van der Waals surface area contributed by atoms with Crippen molar-refractivity contribution < 1.29 is 22.3 Å². The Morgan fingerprint density at radius 1 is 1.38 bits per heavy atom. The summed E-state index contributed by atoms with van der Waals surface area (Å²) < 4.78 is 56.0. The second-order valence-corrected chi connectivity index (χ2v) is 4.01. The van der Waals surface area contributed by atoms with E-state index in [4.69, 9.17) is 0 Å². The molecule has 1 aromatic rings. The van der Waals surface area contributed by atoms with Crippen molar-refractivity contribution in [3.63, 3.8) is 0 Å². The molecule has 0 spiro atoms. The maximum atomic E-state index is 13.1. The van der Waals surface area contributed by atoms with Crippen LogP contribution in [0.5, 0.6) is 0 Å². The normalized spacial score (nSPS) is 13.8. The molecule has 0 bridgehead atoms. The Morgan fingerprint density at radius 2 is 2.00 bits per heavy atom. The molecule has 0 aliphatic rings. The lowest BCUT2D eigenvalue weighted by Crippen LogP contribution is -2.16. The minimum atomic E-state index is -4.98. The van der Waals surface area contributed by atoms with Gasteiger partial charge in [0.25, 0.3) is 0 Å². The van der Waals surface area contributed by atoms with Crippen LogP contribution < -0.4 is 0 Å². The zero-order valence-electron chi connectivity index (χ0n) is 11.6. The largest absolute Gasteiger partial charge is 0.480 e. The Labute approximate surface area is 118 Å². The molecular formula is C13H13F4N3O. The van der Waals surface area contributed by atoms with E-state index in [1.807, 2.05) is 0 Å². The molecule has 0 aliphatic carbocycles. The number of rotatable bonds is 4. The molecular weight excluding hydrogens is 290 g/mol. The summed E-state index contributed by atoms with van der Waals surface area (Å²) in [5, 5.41) is 0. The third-order valence-corrected chi connectivity index (χ3v) is 2.35. The third kappa shape index (κ3) is 4.37. The van der Waals surface area contributed by atoms with Gasteiger partial charge >= 0.3 is 6.18 Å². The maximum Gasteiger partial charge on any atom is 0.424 e. The van der Waals surface area contributed by atoms with Gasteiger partial charge in [-0.3, -0.25) is 0 Å². The van der Waals surface area contributed by atoms with Crippen molar-refractivity contribution in [3.05, 3.63) is 47.6 Å². The lowest BCUT2D eigenvalue weighted by Gasteiger charge is -2.12. The van der Waals surface area contributed by atoms with E-state index >= 15 is 0 Å². The van der Waals surface area contributed by atoms with Gasteiger partial charge in [-0.05, 0) is 19.9 Å². The summed E-state index contributed by atoms with van der Waals surface area (Å²) >= 11 is 0. The molecule has 1 aromatic heterocycles. The number of hydrogen-bond acceptors (Lipinski definition) is 4. The van der Waals surface area contributed by atoms with Crippen LogP contribution in [0.25, 0.3) is 0 Å². The first-order valence-electron chi connectivity index (χ1n) is 5.72. The number of aromatic nitrogens is 2. The van der Waals surface area contributed by atoms with Gasteiger partial charge in [0.2, 0.25) is 5.88 Å². The molecule has 0 aliphatic heterocycles. The maximum absolute atomic E-state index is 13.1. The van der Waals surface area contributed by atoms with E-state index in [1.54, 1.807) is 13.0 Å². The molecule has 4 nitrogen and oxygen atoms in total. The van der Waals surface area contributed by atoms with E-state index in [9.17, 15) is 17.6 Å². The first kappa shape index (κ1) is 16.8. The second-order valence-electron chi connectivity index (χ2n) is 4.01. The van der Waals surface area contributed by atoms with Crippen LogP contribution in [0.4, 0.5) is 17.6 Å². The van der Waals surface area contributed by atoms with Gasteiger partial charge in [-0.25, -0.2) is 19.4 Å².